The van der Waals surface area contributed by atoms with Crippen molar-refractivity contribution in [3.8, 4) is 5.75 Å². The van der Waals surface area contributed by atoms with Gasteiger partial charge in [-0.2, -0.15) is 0 Å². The molecule has 1 aliphatic carbocycles. The molecule has 0 amide bonds. The van der Waals surface area contributed by atoms with E-state index >= 15 is 0 Å². The lowest BCUT2D eigenvalue weighted by Crippen LogP contribution is -2.11. The van der Waals surface area contributed by atoms with Crippen LogP contribution in [-0.4, -0.2) is 17.7 Å². The fourth-order valence-corrected chi connectivity index (χ4v) is 1.72. The lowest BCUT2D eigenvalue weighted by atomic mass is 9.96. The first-order valence-corrected chi connectivity index (χ1v) is 4.88. The van der Waals surface area contributed by atoms with E-state index in [9.17, 15) is 4.79 Å². The van der Waals surface area contributed by atoms with Gasteiger partial charge in [-0.1, -0.05) is 24.3 Å². The molecule has 0 spiro atoms. The van der Waals surface area contributed by atoms with E-state index < -0.39 is 5.97 Å². The average molecular weight is 204 g/mol. The Morgan fingerprint density at radius 1 is 1.33 bits per heavy atom. The van der Waals surface area contributed by atoms with Gasteiger partial charge in [-0.15, -0.1) is 0 Å². The molecule has 0 atom stereocenters. The lowest BCUT2D eigenvalue weighted by Gasteiger charge is -2.15. The summed E-state index contributed by atoms with van der Waals surface area (Å²) in [7, 11) is 0. The highest BCUT2D eigenvalue weighted by molar-refractivity contribution is 5.68. The third kappa shape index (κ3) is 2.18. The molecule has 0 aliphatic heterocycles. The molecule has 0 radical (unpaired) electrons. The normalized spacial score (nSPS) is 13.3. The maximum absolute atomic E-state index is 10.4. The Bertz CT molecular complexity index is 407. The minimum Gasteiger partial charge on any atom is -0.482 e. The summed E-state index contributed by atoms with van der Waals surface area (Å²) in [4.78, 5) is 10.4. The smallest absolute Gasteiger partial charge is 0.341 e. The Hall–Kier alpha value is -1.77. The van der Waals surface area contributed by atoms with Crippen molar-refractivity contribution in [3.63, 3.8) is 0 Å². The van der Waals surface area contributed by atoms with Gasteiger partial charge in [0.1, 0.15) is 5.75 Å². The molecule has 1 N–H and O–H groups in total. The minimum atomic E-state index is -0.945. The van der Waals surface area contributed by atoms with Gasteiger partial charge in [-0.3, -0.25) is 0 Å². The summed E-state index contributed by atoms with van der Waals surface area (Å²) < 4.78 is 5.23. The number of allylic oxidation sites excluding steroid dienone is 2. The first kappa shape index (κ1) is 9.77. The van der Waals surface area contributed by atoms with Crippen molar-refractivity contribution in [2.75, 3.05) is 6.61 Å². The molecular weight excluding hydrogens is 192 g/mol. The van der Waals surface area contributed by atoms with Crippen LogP contribution in [0.2, 0.25) is 0 Å². The van der Waals surface area contributed by atoms with Gasteiger partial charge in [0.15, 0.2) is 6.61 Å². The van der Waals surface area contributed by atoms with Crippen LogP contribution in [0.4, 0.5) is 0 Å². The van der Waals surface area contributed by atoms with Crippen molar-refractivity contribution in [1.82, 2.24) is 0 Å². The molecule has 3 nitrogen and oxygen atoms in total. The number of carboxylic acid groups (broad SMARTS) is 1. The molecule has 3 heteroatoms. The molecule has 0 heterocycles. The number of aliphatic carboxylic acids is 1. The van der Waals surface area contributed by atoms with Crippen LogP contribution in [0.15, 0.2) is 30.4 Å². The summed E-state index contributed by atoms with van der Waals surface area (Å²) in [6, 6.07) is 5.77. The summed E-state index contributed by atoms with van der Waals surface area (Å²) in [6.07, 6.45) is 5.92. The van der Waals surface area contributed by atoms with Crippen LogP contribution in [0.5, 0.6) is 5.75 Å². The van der Waals surface area contributed by atoms with E-state index in [2.05, 4.69) is 12.2 Å². The number of carbonyl (C=O) groups is 1. The van der Waals surface area contributed by atoms with Crippen molar-refractivity contribution in [2.24, 2.45) is 0 Å². The molecule has 1 aromatic carbocycles. The molecule has 1 aliphatic rings. The maximum Gasteiger partial charge on any atom is 0.341 e. The van der Waals surface area contributed by atoms with Gasteiger partial charge in [0, 0.05) is 5.56 Å². The van der Waals surface area contributed by atoms with Crippen LogP contribution in [0.25, 0.3) is 0 Å². The number of benzene rings is 1. The second kappa shape index (κ2) is 4.17. The third-order valence-corrected chi connectivity index (χ3v) is 2.41. The van der Waals surface area contributed by atoms with Crippen LogP contribution in [-0.2, 0) is 17.6 Å². The lowest BCUT2D eigenvalue weighted by molar-refractivity contribution is -0.139. The molecule has 1 aromatic rings. The van der Waals surface area contributed by atoms with Crippen molar-refractivity contribution >= 4 is 5.97 Å². The Balaban J connectivity index is 2.21. The molecule has 2 rings (SSSR count). The van der Waals surface area contributed by atoms with Crippen molar-refractivity contribution < 1.29 is 14.6 Å². The fourth-order valence-electron chi connectivity index (χ4n) is 1.72. The SMILES string of the molecule is O=C(O)COc1cccc2c1CC=CC2. The van der Waals surface area contributed by atoms with E-state index in [0.29, 0.717) is 5.75 Å². The monoisotopic (exact) mass is 204 g/mol. The quantitative estimate of drug-likeness (QED) is 0.764. The van der Waals surface area contributed by atoms with E-state index in [0.717, 1.165) is 18.4 Å². The van der Waals surface area contributed by atoms with Crippen LogP contribution in [0, 0.1) is 0 Å². The Morgan fingerprint density at radius 2 is 2.13 bits per heavy atom. The van der Waals surface area contributed by atoms with E-state index in [4.69, 9.17) is 9.84 Å². The Morgan fingerprint density at radius 3 is 2.93 bits per heavy atom. The topological polar surface area (TPSA) is 46.5 Å². The molecule has 0 unspecified atom stereocenters. The van der Waals surface area contributed by atoms with Gasteiger partial charge in [0.05, 0.1) is 0 Å². The number of carboxylic acids is 1. The van der Waals surface area contributed by atoms with Crippen LogP contribution < -0.4 is 4.74 Å². The number of hydrogen-bond acceptors (Lipinski definition) is 2. The van der Waals surface area contributed by atoms with Crippen LogP contribution in [0.1, 0.15) is 11.1 Å². The zero-order valence-corrected chi connectivity index (χ0v) is 8.27. The van der Waals surface area contributed by atoms with E-state index in [1.54, 1.807) is 0 Å². The Kier molecular flexibility index (Phi) is 2.72. The van der Waals surface area contributed by atoms with Gasteiger partial charge in [-0.25, -0.2) is 4.79 Å². The molecule has 0 aromatic heterocycles. The van der Waals surface area contributed by atoms with Gasteiger partial charge in [0.2, 0.25) is 0 Å². The molecule has 78 valence electrons. The van der Waals surface area contributed by atoms with Gasteiger partial charge in [-0.05, 0) is 24.5 Å². The van der Waals surface area contributed by atoms with Gasteiger partial charge in [0.25, 0.3) is 0 Å². The second-order valence-electron chi connectivity index (χ2n) is 3.46. The summed E-state index contributed by atoms with van der Waals surface area (Å²) in [5, 5.41) is 8.54. The average Bonchev–Trinajstić information content (AvgIpc) is 2.26. The highest BCUT2D eigenvalue weighted by Crippen LogP contribution is 2.26. The molecule has 15 heavy (non-hydrogen) atoms. The number of hydrogen-bond donors (Lipinski definition) is 1. The maximum atomic E-state index is 10.4. The van der Waals surface area contributed by atoms with E-state index in [1.165, 1.54) is 5.56 Å². The van der Waals surface area contributed by atoms with Crippen molar-refractivity contribution in [3.05, 3.63) is 41.5 Å². The summed E-state index contributed by atoms with van der Waals surface area (Å²) in [6.45, 7) is -0.278. The largest absolute Gasteiger partial charge is 0.482 e. The molecular formula is C12H12O3. The first-order chi connectivity index (χ1) is 7.27. The van der Waals surface area contributed by atoms with Crippen molar-refractivity contribution in [1.29, 1.82) is 0 Å². The number of ether oxygens (including phenoxy) is 1. The predicted octanol–water partition coefficient (Wildman–Crippen LogP) is 1.80. The summed E-state index contributed by atoms with van der Waals surface area (Å²) >= 11 is 0. The van der Waals surface area contributed by atoms with Crippen LogP contribution >= 0.6 is 0 Å². The molecule has 0 bridgehead atoms. The van der Waals surface area contributed by atoms with Gasteiger partial charge < -0.3 is 9.84 Å². The third-order valence-electron chi connectivity index (χ3n) is 2.41. The van der Waals surface area contributed by atoms with E-state index in [-0.39, 0.29) is 6.61 Å². The standard InChI is InChI=1S/C12H12O3/c13-12(14)8-15-11-7-3-5-9-4-1-2-6-10(9)11/h1-3,5,7H,4,6,8H2,(H,13,14). The summed E-state index contributed by atoms with van der Waals surface area (Å²) in [5.74, 6) is -0.252. The zero-order valence-electron chi connectivity index (χ0n) is 8.27. The first-order valence-electron chi connectivity index (χ1n) is 4.88. The molecule has 0 saturated heterocycles. The number of rotatable bonds is 3. The van der Waals surface area contributed by atoms with E-state index in [1.807, 2.05) is 18.2 Å². The molecule has 0 fully saturated rings. The second-order valence-corrected chi connectivity index (χ2v) is 3.46. The number of fused-ring (bicyclic) bond motifs is 1. The molecule has 0 saturated carbocycles. The van der Waals surface area contributed by atoms with Gasteiger partial charge >= 0.3 is 5.97 Å². The summed E-state index contributed by atoms with van der Waals surface area (Å²) in [5.41, 5.74) is 2.33. The minimum absolute atomic E-state index is 0.278. The highest BCUT2D eigenvalue weighted by Gasteiger charge is 2.11. The highest BCUT2D eigenvalue weighted by atomic mass is 16.5. The predicted molar refractivity (Wildman–Crippen MR) is 56.1 cm³/mol. The van der Waals surface area contributed by atoms with Crippen LogP contribution in [0.3, 0.4) is 0 Å². The Labute approximate surface area is 88.0 Å². The zero-order chi connectivity index (χ0) is 10.7. The fraction of sp³-hybridized carbons (Fsp3) is 0.250. The van der Waals surface area contributed by atoms with Crippen molar-refractivity contribution in [2.45, 2.75) is 12.8 Å².